The van der Waals surface area contributed by atoms with Gasteiger partial charge >= 0.3 is 0 Å². The summed E-state index contributed by atoms with van der Waals surface area (Å²) >= 11 is 12.3. The zero-order valence-electron chi connectivity index (χ0n) is 12.2. The third kappa shape index (κ3) is 4.29. The molecule has 0 unspecified atom stereocenters. The van der Waals surface area contributed by atoms with Gasteiger partial charge in [-0.05, 0) is 48.7 Å². The number of hydrogen-bond acceptors (Lipinski definition) is 2. The molecule has 0 heterocycles. The van der Waals surface area contributed by atoms with E-state index in [4.69, 9.17) is 27.9 Å². The van der Waals surface area contributed by atoms with Gasteiger partial charge in [0.05, 0.1) is 11.6 Å². The molecular weight excluding hydrogens is 305 g/mol. The number of rotatable bonds is 6. The van der Waals surface area contributed by atoms with Crippen molar-refractivity contribution in [3.8, 4) is 5.75 Å². The van der Waals surface area contributed by atoms with Gasteiger partial charge in [-0.25, -0.2) is 0 Å². The molecule has 0 radical (unpaired) electrons. The highest BCUT2D eigenvalue weighted by molar-refractivity contribution is 6.32. The second kappa shape index (κ2) is 7.58. The van der Waals surface area contributed by atoms with Gasteiger partial charge in [-0.2, -0.15) is 0 Å². The van der Waals surface area contributed by atoms with Crippen LogP contribution in [0.15, 0.2) is 36.4 Å². The molecule has 0 saturated heterocycles. The molecule has 2 nitrogen and oxygen atoms in total. The summed E-state index contributed by atoms with van der Waals surface area (Å²) in [5.41, 5.74) is 3.18. The maximum atomic E-state index is 6.23. The molecule has 0 amide bonds. The Labute approximate surface area is 136 Å². The summed E-state index contributed by atoms with van der Waals surface area (Å²) in [6.07, 6.45) is 0.966. The van der Waals surface area contributed by atoms with Gasteiger partial charge in [0, 0.05) is 17.3 Å². The highest BCUT2D eigenvalue weighted by atomic mass is 35.5. The number of hydrogen-bond donors (Lipinski definition) is 1. The smallest absolute Gasteiger partial charge is 0.137 e. The van der Waals surface area contributed by atoms with Crippen LogP contribution in [0, 0.1) is 6.92 Å². The SMILES string of the molecule is CCCOc1ccc(CNc2cccc(Cl)c2C)cc1Cl. The molecule has 2 aromatic rings. The first kappa shape index (κ1) is 16.0. The van der Waals surface area contributed by atoms with Crippen molar-refractivity contribution >= 4 is 28.9 Å². The van der Waals surface area contributed by atoms with Crippen molar-refractivity contribution in [2.24, 2.45) is 0 Å². The Morgan fingerprint density at radius 1 is 1.10 bits per heavy atom. The van der Waals surface area contributed by atoms with E-state index in [1.807, 2.05) is 43.3 Å². The highest BCUT2D eigenvalue weighted by Crippen LogP contribution is 2.27. The maximum Gasteiger partial charge on any atom is 0.137 e. The van der Waals surface area contributed by atoms with E-state index in [1.165, 1.54) is 0 Å². The largest absolute Gasteiger partial charge is 0.492 e. The lowest BCUT2D eigenvalue weighted by Gasteiger charge is -2.12. The fourth-order valence-corrected chi connectivity index (χ4v) is 2.41. The minimum Gasteiger partial charge on any atom is -0.492 e. The van der Waals surface area contributed by atoms with Crippen LogP contribution in [0.25, 0.3) is 0 Å². The maximum absolute atomic E-state index is 6.23. The van der Waals surface area contributed by atoms with Crippen molar-refractivity contribution in [1.82, 2.24) is 0 Å². The lowest BCUT2D eigenvalue weighted by molar-refractivity contribution is 0.317. The number of nitrogens with one attached hydrogen (secondary N) is 1. The molecule has 4 heteroatoms. The summed E-state index contributed by atoms with van der Waals surface area (Å²) in [5.74, 6) is 0.737. The van der Waals surface area contributed by atoms with Crippen LogP contribution >= 0.6 is 23.2 Å². The molecule has 0 aliphatic carbocycles. The van der Waals surface area contributed by atoms with E-state index in [9.17, 15) is 0 Å². The van der Waals surface area contributed by atoms with Crippen molar-refractivity contribution in [2.75, 3.05) is 11.9 Å². The van der Waals surface area contributed by atoms with Crippen molar-refractivity contribution in [3.05, 3.63) is 57.6 Å². The van der Waals surface area contributed by atoms with Crippen molar-refractivity contribution in [1.29, 1.82) is 0 Å². The molecule has 0 aliphatic heterocycles. The molecule has 2 aromatic carbocycles. The predicted molar refractivity (Wildman–Crippen MR) is 90.8 cm³/mol. The van der Waals surface area contributed by atoms with Crippen LogP contribution in [-0.2, 0) is 6.54 Å². The van der Waals surface area contributed by atoms with Crippen LogP contribution < -0.4 is 10.1 Å². The second-order valence-corrected chi connectivity index (χ2v) is 5.69. The summed E-state index contributed by atoms with van der Waals surface area (Å²) in [7, 11) is 0. The van der Waals surface area contributed by atoms with Crippen LogP contribution in [0.1, 0.15) is 24.5 Å². The summed E-state index contributed by atoms with van der Waals surface area (Å²) in [5, 5.41) is 4.79. The first-order valence-electron chi connectivity index (χ1n) is 7.02. The van der Waals surface area contributed by atoms with E-state index in [0.29, 0.717) is 18.2 Å². The Balaban J connectivity index is 2.03. The first-order chi connectivity index (χ1) is 10.1. The molecule has 0 atom stereocenters. The van der Waals surface area contributed by atoms with Crippen LogP contribution in [-0.4, -0.2) is 6.61 Å². The van der Waals surface area contributed by atoms with Gasteiger partial charge in [0.25, 0.3) is 0 Å². The predicted octanol–water partition coefficient (Wildman–Crippen LogP) is 5.70. The van der Waals surface area contributed by atoms with Gasteiger partial charge in [-0.15, -0.1) is 0 Å². The van der Waals surface area contributed by atoms with Crippen molar-refractivity contribution in [2.45, 2.75) is 26.8 Å². The topological polar surface area (TPSA) is 21.3 Å². The van der Waals surface area contributed by atoms with E-state index < -0.39 is 0 Å². The Kier molecular flexibility index (Phi) is 5.77. The normalized spacial score (nSPS) is 10.5. The summed E-state index contributed by atoms with van der Waals surface area (Å²) in [4.78, 5) is 0. The molecule has 0 fully saturated rings. The second-order valence-electron chi connectivity index (χ2n) is 4.88. The highest BCUT2D eigenvalue weighted by Gasteiger charge is 2.05. The number of halogens is 2. The van der Waals surface area contributed by atoms with Gasteiger partial charge < -0.3 is 10.1 Å². The molecule has 0 aromatic heterocycles. The van der Waals surface area contributed by atoms with Crippen LogP contribution in [0.3, 0.4) is 0 Å². The minimum absolute atomic E-state index is 0.644. The minimum atomic E-state index is 0.644. The fourth-order valence-electron chi connectivity index (χ4n) is 1.98. The molecule has 0 aliphatic rings. The number of ether oxygens (including phenoxy) is 1. The number of benzene rings is 2. The van der Waals surface area contributed by atoms with E-state index in [-0.39, 0.29) is 0 Å². The molecular formula is C17H19Cl2NO. The monoisotopic (exact) mass is 323 g/mol. The first-order valence-corrected chi connectivity index (χ1v) is 7.77. The molecule has 0 spiro atoms. The summed E-state index contributed by atoms with van der Waals surface area (Å²) < 4.78 is 5.57. The molecule has 2 rings (SSSR count). The molecule has 0 saturated carbocycles. The third-order valence-corrected chi connectivity index (χ3v) is 3.91. The van der Waals surface area contributed by atoms with E-state index >= 15 is 0 Å². The van der Waals surface area contributed by atoms with E-state index in [0.717, 1.165) is 34.0 Å². The van der Waals surface area contributed by atoms with E-state index in [1.54, 1.807) is 0 Å². The van der Waals surface area contributed by atoms with Gasteiger partial charge in [0.1, 0.15) is 5.75 Å². The number of anilines is 1. The fraction of sp³-hybridized carbons (Fsp3) is 0.294. The zero-order chi connectivity index (χ0) is 15.2. The van der Waals surface area contributed by atoms with Gasteiger partial charge in [0.2, 0.25) is 0 Å². The molecule has 21 heavy (non-hydrogen) atoms. The van der Waals surface area contributed by atoms with Crippen LogP contribution in [0.5, 0.6) is 5.75 Å². The van der Waals surface area contributed by atoms with Crippen LogP contribution in [0.2, 0.25) is 10.0 Å². The third-order valence-electron chi connectivity index (χ3n) is 3.21. The Bertz CT molecular complexity index is 614. The lowest BCUT2D eigenvalue weighted by Crippen LogP contribution is -2.02. The summed E-state index contributed by atoms with van der Waals surface area (Å²) in [6, 6.07) is 11.7. The zero-order valence-corrected chi connectivity index (χ0v) is 13.8. The summed E-state index contributed by atoms with van der Waals surface area (Å²) in [6.45, 7) is 5.44. The average molecular weight is 324 g/mol. The van der Waals surface area contributed by atoms with Gasteiger partial charge in [-0.1, -0.05) is 42.3 Å². The average Bonchev–Trinajstić information content (AvgIpc) is 2.48. The van der Waals surface area contributed by atoms with E-state index in [2.05, 4.69) is 12.2 Å². The molecule has 0 bridgehead atoms. The van der Waals surface area contributed by atoms with Gasteiger partial charge in [-0.3, -0.25) is 0 Å². The molecule has 1 N–H and O–H groups in total. The van der Waals surface area contributed by atoms with Crippen LogP contribution in [0.4, 0.5) is 5.69 Å². The lowest BCUT2D eigenvalue weighted by atomic mass is 10.1. The van der Waals surface area contributed by atoms with Gasteiger partial charge in [0.15, 0.2) is 0 Å². The van der Waals surface area contributed by atoms with Crippen molar-refractivity contribution in [3.63, 3.8) is 0 Å². The standard InChI is InChI=1S/C17H19Cl2NO/c1-3-9-21-17-8-7-13(10-15(17)19)11-20-16-6-4-5-14(18)12(16)2/h4-8,10,20H,3,9,11H2,1-2H3. The quantitative estimate of drug-likeness (QED) is 0.735. The molecule has 112 valence electrons. The Hall–Kier alpha value is -1.38. The Morgan fingerprint density at radius 2 is 1.90 bits per heavy atom. The Morgan fingerprint density at radius 3 is 2.62 bits per heavy atom. The van der Waals surface area contributed by atoms with Crippen molar-refractivity contribution < 1.29 is 4.74 Å².